The van der Waals surface area contributed by atoms with Crippen LogP contribution >= 0.6 is 46.1 Å². The molecule has 0 saturated carbocycles. The Hall–Kier alpha value is -3.83. The molecule has 3 aromatic carbocycles. The fourth-order valence-electron chi connectivity index (χ4n) is 5.60. The van der Waals surface area contributed by atoms with Crippen molar-refractivity contribution in [2.24, 2.45) is 4.99 Å². The van der Waals surface area contributed by atoms with Gasteiger partial charge in [0.15, 0.2) is 10.5 Å². The van der Waals surface area contributed by atoms with E-state index in [4.69, 9.17) is 39.5 Å². The number of aromatic nitrogens is 2. The molecule has 1 atom stereocenters. The fraction of sp³-hybridized carbons (Fsp3) is 0.182. The first-order valence-corrected chi connectivity index (χ1v) is 15.9. The minimum atomic E-state index is -5.01. The highest BCUT2D eigenvalue weighted by atomic mass is 35.5. The summed E-state index contributed by atoms with van der Waals surface area (Å²) >= 11 is 19.5. The van der Waals surface area contributed by atoms with Crippen LogP contribution in [0.15, 0.2) is 87.8 Å². The maximum atomic E-state index is 14.5. The molecule has 6 nitrogen and oxygen atoms in total. The number of carbonyl (C=O) groups is 1. The van der Waals surface area contributed by atoms with Gasteiger partial charge in [0.05, 0.1) is 22.8 Å². The van der Waals surface area contributed by atoms with Crippen molar-refractivity contribution >= 4 is 69.1 Å². The Labute approximate surface area is 279 Å². The molecule has 0 amide bonds. The van der Waals surface area contributed by atoms with Gasteiger partial charge in [0.1, 0.15) is 0 Å². The summed E-state index contributed by atoms with van der Waals surface area (Å²) in [5.74, 6) is -1.22. The van der Waals surface area contributed by atoms with E-state index in [1.165, 1.54) is 31.2 Å². The largest absolute Gasteiger partial charge is 0.463 e. The number of thiazole rings is 1. The molecule has 46 heavy (non-hydrogen) atoms. The smallest absolute Gasteiger partial charge is 0.434 e. The maximum absolute atomic E-state index is 14.5. The predicted molar refractivity (Wildman–Crippen MR) is 174 cm³/mol. The SMILES string of the molecule is CCOC(=O)C1=C(C(F)(F)F)N=c2s/c(=C\c3c(C)n(Cc4ccc(Cl)cc4Cl)c4ccccc34)c(=O)n2[C@H]1c1ccc(Cl)cc1. The standard InChI is InChI=1S/C33H23Cl3F3N3O3S/c1-3-45-31(44)27-28(18-8-11-20(34)12-9-18)42-30(43)26(46-32(42)40-29(27)33(37,38)39)15-23-17(2)41(25-7-5-4-6-22(23)25)16-19-10-13-21(35)14-24(19)36/h4-15,28H,3,16H2,1-2H3/b26-15-/t28-/m0/s1. The van der Waals surface area contributed by atoms with Gasteiger partial charge in [-0.2, -0.15) is 13.2 Å². The molecule has 0 fully saturated rings. The molecule has 5 aromatic rings. The average molecular weight is 705 g/mol. The first-order chi connectivity index (χ1) is 21.9. The van der Waals surface area contributed by atoms with Gasteiger partial charge in [0.25, 0.3) is 5.56 Å². The summed E-state index contributed by atoms with van der Waals surface area (Å²) in [5, 5.41) is 2.17. The quantitative estimate of drug-likeness (QED) is 0.171. The number of allylic oxidation sites excluding steroid dienone is 1. The normalized spacial score (nSPS) is 15.3. The van der Waals surface area contributed by atoms with Crippen molar-refractivity contribution in [3.8, 4) is 0 Å². The number of esters is 1. The van der Waals surface area contributed by atoms with Crippen LogP contribution in [0.5, 0.6) is 0 Å². The van der Waals surface area contributed by atoms with E-state index in [1.54, 1.807) is 18.2 Å². The van der Waals surface area contributed by atoms with Gasteiger partial charge in [-0.1, -0.05) is 82.5 Å². The first-order valence-electron chi connectivity index (χ1n) is 14.0. The number of hydrogen-bond donors (Lipinski definition) is 0. The van der Waals surface area contributed by atoms with Crippen LogP contribution < -0.4 is 14.9 Å². The van der Waals surface area contributed by atoms with Crippen molar-refractivity contribution in [1.82, 2.24) is 9.13 Å². The van der Waals surface area contributed by atoms with Crippen LogP contribution in [0.25, 0.3) is 17.0 Å². The Kier molecular flexibility index (Phi) is 8.67. The van der Waals surface area contributed by atoms with Crippen molar-refractivity contribution in [2.75, 3.05) is 6.61 Å². The molecule has 0 spiro atoms. The van der Waals surface area contributed by atoms with E-state index in [1.807, 2.05) is 41.8 Å². The van der Waals surface area contributed by atoms with Gasteiger partial charge < -0.3 is 9.30 Å². The van der Waals surface area contributed by atoms with Crippen molar-refractivity contribution in [1.29, 1.82) is 0 Å². The number of carbonyl (C=O) groups excluding carboxylic acids is 1. The summed E-state index contributed by atoms with van der Waals surface area (Å²) in [6.45, 7) is 3.61. The molecule has 1 aliphatic heterocycles. The molecule has 0 saturated heterocycles. The van der Waals surface area contributed by atoms with Crippen LogP contribution in [0.4, 0.5) is 13.2 Å². The van der Waals surface area contributed by atoms with Crippen molar-refractivity contribution < 1.29 is 22.7 Å². The molecular weight excluding hydrogens is 682 g/mol. The van der Waals surface area contributed by atoms with Crippen LogP contribution in [-0.4, -0.2) is 27.9 Å². The van der Waals surface area contributed by atoms with Crippen molar-refractivity contribution in [3.05, 3.63) is 135 Å². The maximum Gasteiger partial charge on any atom is 0.434 e. The molecule has 13 heteroatoms. The number of alkyl halides is 3. The number of rotatable bonds is 6. The summed E-state index contributed by atoms with van der Waals surface area (Å²) in [5.41, 5.74) is 0.649. The van der Waals surface area contributed by atoms with Gasteiger partial charge in [-0.25, -0.2) is 9.79 Å². The number of hydrogen-bond acceptors (Lipinski definition) is 5. The van der Waals surface area contributed by atoms with Crippen LogP contribution in [0.3, 0.4) is 0 Å². The highest BCUT2D eigenvalue weighted by molar-refractivity contribution is 7.07. The molecule has 1 aliphatic rings. The summed E-state index contributed by atoms with van der Waals surface area (Å²) in [7, 11) is 0. The molecule has 0 aliphatic carbocycles. The molecule has 0 bridgehead atoms. The van der Waals surface area contributed by atoms with E-state index >= 15 is 0 Å². The van der Waals surface area contributed by atoms with Gasteiger partial charge in [-0.05, 0) is 61.4 Å². The summed E-state index contributed by atoms with van der Waals surface area (Å²) in [4.78, 5) is 30.9. The van der Waals surface area contributed by atoms with Gasteiger partial charge in [-0.15, -0.1) is 0 Å². The lowest BCUT2D eigenvalue weighted by molar-refractivity contribution is -0.140. The van der Waals surface area contributed by atoms with E-state index < -0.39 is 35.0 Å². The minimum Gasteiger partial charge on any atom is -0.463 e. The lowest BCUT2D eigenvalue weighted by Gasteiger charge is -2.26. The Bertz CT molecular complexity index is 2240. The Morgan fingerprint density at radius 2 is 1.74 bits per heavy atom. The fourth-order valence-corrected chi connectivity index (χ4v) is 7.17. The lowest BCUT2D eigenvalue weighted by Crippen LogP contribution is -2.41. The van der Waals surface area contributed by atoms with Crippen LogP contribution in [0.2, 0.25) is 15.1 Å². The second-order valence-corrected chi connectivity index (χ2v) is 12.7. The molecular formula is C33H23Cl3F3N3O3S. The zero-order valence-corrected chi connectivity index (χ0v) is 27.2. The summed E-state index contributed by atoms with van der Waals surface area (Å²) in [6.07, 6.45) is -3.35. The number of nitrogens with zero attached hydrogens (tertiary/aromatic N) is 3. The topological polar surface area (TPSA) is 65.6 Å². The van der Waals surface area contributed by atoms with Gasteiger partial charge >= 0.3 is 12.1 Å². The third kappa shape index (κ3) is 5.79. The highest BCUT2D eigenvalue weighted by Crippen LogP contribution is 2.38. The van der Waals surface area contributed by atoms with Crippen molar-refractivity contribution in [3.63, 3.8) is 0 Å². The second-order valence-electron chi connectivity index (χ2n) is 10.5. The average Bonchev–Trinajstić information content (AvgIpc) is 3.46. The molecule has 2 aromatic heterocycles. The zero-order chi connectivity index (χ0) is 32.9. The minimum absolute atomic E-state index is 0.139. The molecule has 236 valence electrons. The van der Waals surface area contributed by atoms with Gasteiger partial charge in [0.2, 0.25) is 0 Å². The van der Waals surface area contributed by atoms with E-state index in [0.29, 0.717) is 27.2 Å². The number of halogens is 6. The Morgan fingerprint density at radius 3 is 2.41 bits per heavy atom. The Morgan fingerprint density at radius 1 is 1.04 bits per heavy atom. The van der Waals surface area contributed by atoms with Gasteiger partial charge in [0, 0.05) is 43.8 Å². The monoisotopic (exact) mass is 703 g/mol. The van der Waals surface area contributed by atoms with Crippen LogP contribution in [-0.2, 0) is 16.1 Å². The summed E-state index contributed by atoms with van der Waals surface area (Å²) < 4.78 is 51.7. The van der Waals surface area contributed by atoms with Crippen LogP contribution in [0, 0.1) is 6.92 Å². The van der Waals surface area contributed by atoms with E-state index in [0.717, 1.165) is 38.1 Å². The third-order valence-electron chi connectivity index (χ3n) is 7.68. The van der Waals surface area contributed by atoms with E-state index in [2.05, 4.69) is 4.99 Å². The Balaban J connectivity index is 1.59. The first kappa shape index (κ1) is 32.1. The van der Waals surface area contributed by atoms with Crippen LogP contribution in [0.1, 0.15) is 35.3 Å². The van der Waals surface area contributed by atoms with Crippen molar-refractivity contribution in [2.45, 2.75) is 32.6 Å². The number of ether oxygens (including phenoxy) is 1. The molecule has 0 radical (unpaired) electrons. The van der Waals surface area contributed by atoms with E-state index in [-0.39, 0.29) is 21.5 Å². The highest BCUT2D eigenvalue weighted by Gasteiger charge is 2.45. The third-order valence-corrected chi connectivity index (χ3v) is 9.50. The lowest BCUT2D eigenvalue weighted by atomic mass is 9.95. The molecule has 3 heterocycles. The molecule has 6 rings (SSSR count). The zero-order valence-electron chi connectivity index (χ0n) is 24.2. The summed E-state index contributed by atoms with van der Waals surface area (Å²) in [6, 6.07) is 17.3. The number of para-hydroxylation sites is 1. The molecule has 0 N–H and O–H groups in total. The second kappa shape index (κ2) is 12.4. The molecule has 0 unspecified atom stereocenters. The van der Waals surface area contributed by atoms with Gasteiger partial charge in [-0.3, -0.25) is 9.36 Å². The number of fused-ring (bicyclic) bond motifs is 2. The van der Waals surface area contributed by atoms with E-state index in [9.17, 15) is 22.8 Å². The predicted octanol–water partition coefficient (Wildman–Crippen LogP) is 7.61. The number of benzene rings is 3.